The fraction of sp³-hybridized carbons (Fsp3) is 0.179. The fourth-order valence-corrected chi connectivity index (χ4v) is 4.62. The fourth-order valence-electron chi connectivity index (χ4n) is 4.62. The smallest absolute Gasteiger partial charge is 0.148 e. The Morgan fingerprint density at radius 3 is 2.71 bits per heavy atom. The summed E-state index contributed by atoms with van der Waals surface area (Å²) >= 11 is 0. The van der Waals surface area contributed by atoms with Crippen LogP contribution in [0.15, 0.2) is 89.9 Å². The van der Waals surface area contributed by atoms with E-state index >= 15 is 0 Å². The third kappa shape index (κ3) is 3.85. The van der Waals surface area contributed by atoms with Crippen molar-refractivity contribution in [1.82, 2.24) is 0 Å². The van der Waals surface area contributed by atoms with E-state index in [1.165, 1.54) is 16.8 Å². The minimum absolute atomic E-state index is 0.244. The van der Waals surface area contributed by atoms with Gasteiger partial charge in [-0.25, -0.2) is 0 Å². The summed E-state index contributed by atoms with van der Waals surface area (Å²) in [6, 6.07) is 25.3. The third-order valence-corrected chi connectivity index (χ3v) is 6.11. The molecule has 3 aromatic carbocycles. The molecule has 3 aromatic rings. The summed E-state index contributed by atoms with van der Waals surface area (Å²) in [5, 5.41) is 3.78. The lowest BCUT2D eigenvalue weighted by Gasteiger charge is -2.37. The molecule has 152 valence electrons. The van der Waals surface area contributed by atoms with Crippen molar-refractivity contribution >= 4 is 17.6 Å². The number of fused-ring (bicyclic) bond motifs is 3. The van der Waals surface area contributed by atoms with E-state index < -0.39 is 0 Å². The second-order valence-electron chi connectivity index (χ2n) is 7.94. The Bertz CT molecular complexity index is 1170. The lowest BCUT2D eigenvalue weighted by atomic mass is 9.77. The Hall–Kier alpha value is -3.77. The zero-order chi connectivity index (χ0) is 21.0. The van der Waals surface area contributed by atoms with Crippen LogP contribution in [0.3, 0.4) is 0 Å². The molecule has 1 aliphatic carbocycles. The third-order valence-electron chi connectivity index (χ3n) is 6.11. The van der Waals surface area contributed by atoms with Gasteiger partial charge in [-0.15, -0.1) is 6.42 Å². The highest BCUT2D eigenvalue weighted by Crippen LogP contribution is 2.49. The number of rotatable bonds is 5. The summed E-state index contributed by atoms with van der Waals surface area (Å²) in [6.45, 7) is 0.244. The molecule has 1 aliphatic heterocycles. The normalized spacial score (nSPS) is 21.2. The topological polar surface area (TPSA) is 33.6 Å². The number of nitrogens with one attached hydrogen (secondary N) is 1. The number of hydrogen-bond acceptors (Lipinski definition) is 3. The van der Waals surface area contributed by atoms with Gasteiger partial charge in [0.15, 0.2) is 0 Å². The summed E-state index contributed by atoms with van der Waals surface area (Å²) in [5.41, 5.74) is 5.76. The van der Waals surface area contributed by atoms with Gasteiger partial charge in [-0.1, -0.05) is 60.5 Å². The number of allylic oxidation sites excluding steroid dienone is 2. The van der Waals surface area contributed by atoms with Crippen molar-refractivity contribution in [3.63, 3.8) is 0 Å². The van der Waals surface area contributed by atoms with Crippen molar-refractivity contribution in [3.8, 4) is 18.1 Å². The largest absolute Gasteiger partial charge is 0.480 e. The van der Waals surface area contributed by atoms with Gasteiger partial charge in [0.1, 0.15) is 12.4 Å². The molecule has 0 radical (unpaired) electrons. The second kappa shape index (κ2) is 8.53. The van der Waals surface area contributed by atoms with E-state index in [9.17, 15) is 0 Å². The van der Waals surface area contributed by atoms with Crippen LogP contribution in [0.5, 0.6) is 5.75 Å². The molecule has 0 spiro atoms. The van der Waals surface area contributed by atoms with E-state index in [0.717, 1.165) is 23.4 Å². The van der Waals surface area contributed by atoms with E-state index in [4.69, 9.17) is 11.2 Å². The monoisotopic (exact) mass is 404 g/mol. The molecule has 3 nitrogen and oxygen atoms in total. The first-order valence-electron chi connectivity index (χ1n) is 10.6. The summed E-state index contributed by atoms with van der Waals surface area (Å²) in [7, 11) is 0. The molecule has 5 rings (SSSR count). The number of benzene rings is 3. The molecule has 0 amide bonds. The number of nitrogens with zero attached hydrogens (tertiary/aromatic N) is 1. The number of terminal acetylenes is 1. The highest BCUT2D eigenvalue weighted by molar-refractivity contribution is 5.85. The van der Waals surface area contributed by atoms with E-state index in [1.54, 1.807) is 0 Å². The standard InChI is InChI=1S/C28H24N2O/c1-2-18-31-27-13-6-3-8-21(27)19-29-22-16-14-20(15-17-22)28-25-11-7-10-23(25)24-9-4-5-12-26(24)30-28/h1,3-10,12-17,19,23,25,28,30H,11,18H2/t23-,25+,28+/m1/s1. The molecular weight excluding hydrogens is 380 g/mol. The van der Waals surface area contributed by atoms with Crippen molar-refractivity contribution in [2.75, 3.05) is 11.9 Å². The number of para-hydroxylation sites is 2. The highest BCUT2D eigenvalue weighted by atomic mass is 16.5. The van der Waals surface area contributed by atoms with Crippen LogP contribution in [-0.2, 0) is 0 Å². The summed E-state index contributed by atoms with van der Waals surface area (Å²) in [4.78, 5) is 4.64. The van der Waals surface area contributed by atoms with Gasteiger partial charge in [0.05, 0.1) is 11.7 Å². The molecule has 0 bridgehead atoms. The minimum Gasteiger partial charge on any atom is -0.480 e. The maximum Gasteiger partial charge on any atom is 0.148 e. The van der Waals surface area contributed by atoms with Gasteiger partial charge in [-0.05, 0) is 53.8 Å². The highest BCUT2D eigenvalue weighted by Gasteiger charge is 2.37. The quantitative estimate of drug-likeness (QED) is 0.309. The predicted molar refractivity (Wildman–Crippen MR) is 127 cm³/mol. The van der Waals surface area contributed by atoms with Crippen molar-refractivity contribution in [2.45, 2.75) is 18.4 Å². The van der Waals surface area contributed by atoms with Gasteiger partial charge in [0.2, 0.25) is 0 Å². The lowest BCUT2D eigenvalue weighted by Crippen LogP contribution is -2.28. The van der Waals surface area contributed by atoms with Crippen molar-refractivity contribution in [3.05, 3.63) is 102 Å². The maximum absolute atomic E-state index is 5.60. The van der Waals surface area contributed by atoms with Gasteiger partial charge < -0.3 is 10.1 Å². The first-order chi connectivity index (χ1) is 15.3. The second-order valence-corrected chi connectivity index (χ2v) is 7.94. The Morgan fingerprint density at radius 1 is 1.03 bits per heavy atom. The number of hydrogen-bond donors (Lipinski definition) is 1. The Morgan fingerprint density at radius 2 is 1.84 bits per heavy atom. The van der Waals surface area contributed by atoms with Crippen LogP contribution >= 0.6 is 0 Å². The van der Waals surface area contributed by atoms with Crippen LogP contribution in [0.1, 0.15) is 35.1 Å². The van der Waals surface area contributed by atoms with E-state index in [-0.39, 0.29) is 6.61 Å². The van der Waals surface area contributed by atoms with Crippen molar-refractivity contribution < 1.29 is 4.74 Å². The molecule has 0 unspecified atom stereocenters. The van der Waals surface area contributed by atoms with Crippen molar-refractivity contribution in [1.29, 1.82) is 0 Å². The van der Waals surface area contributed by atoms with Crippen LogP contribution in [-0.4, -0.2) is 12.8 Å². The molecule has 3 heteroatoms. The lowest BCUT2D eigenvalue weighted by molar-refractivity contribution is 0.370. The molecule has 0 aromatic heterocycles. The molecule has 0 saturated carbocycles. The summed E-state index contributed by atoms with van der Waals surface area (Å²) in [5.74, 6) is 4.27. The van der Waals surface area contributed by atoms with Crippen LogP contribution in [0, 0.1) is 18.3 Å². The molecule has 1 N–H and O–H groups in total. The zero-order valence-electron chi connectivity index (χ0n) is 17.2. The average Bonchev–Trinajstić information content (AvgIpc) is 3.32. The van der Waals surface area contributed by atoms with Crippen LogP contribution in [0.25, 0.3) is 0 Å². The van der Waals surface area contributed by atoms with Crippen molar-refractivity contribution in [2.24, 2.45) is 10.9 Å². The van der Waals surface area contributed by atoms with Crippen LogP contribution in [0.2, 0.25) is 0 Å². The van der Waals surface area contributed by atoms with Gasteiger partial charge >= 0.3 is 0 Å². The van der Waals surface area contributed by atoms with Crippen LogP contribution in [0.4, 0.5) is 11.4 Å². The summed E-state index contributed by atoms with van der Waals surface area (Å²) in [6.07, 6.45) is 12.9. The molecule has 2 aliphatic rings. The molecule has 31 heavy (non-hydrogen) atoms. The van der Waals surface area contributed by atoms with Gasteiger partial charge in [-0.2, -0.15) is 0 Å². The maximum atomic E-state index is 5.60. The van der Waals surface area contributed by atoms with E-state index in [2.05, 4.69) is 76.9 Å². The average molecular weight is 405 g/mol. The van der Waals surface area contributed by atoms with Gasteiger partial charge in [0, 0.05) is 23.4 Å². The first-order valence-corrected chi connectivity index (χ1v) is 10.6. The molecule has 0 fully saturated rings. The number of aliphatic imine (C=N–C) groups is 1. The molecular formula is C28H24N2O. The number of anilines is 1. The Labute approximate surface area is 183 Å². The van der Waals surface area contributed by atoms with Gasteiger partial charge in [0.25, 0.3) is 0 Å². The Balaban J connectivity index is 1.36. The molecule has 1 heterocycles. The van der Waals surface area contributed by atoms with Crippen LogP contribution < -0.4 is 10.1 Å². The molecule has 0 saturated heterocycles. The van der Waals surface area contributed by atoms with Gasteiger partial charge in [-0.3, -0.25) is 4.99 Å². The summed E-state index contributed by atoms with van der Waals surface area (Å²) < 4.78 is 5.60. The number of ether oxygens (including phenoxy) is 1. The predicted octanol–water partition coefficient (Wildman–Crippen LogP) is 6.28. The van der Waals surface area contributed by atoms with E-state index in [1.807, 2.05) is 30.5 Å². The zero-order valence-corrected chi connectivity index (χ0v) is 17.2. The van der Waals surface area contributed by atoms with E-state index in [0.29, 0.717) is 17.9 Å². The SMILES string of the molecule is C#CCOc1ccccc1C=Nc1ccc([C@@H]2Nc3ccccc3[C@H]3C=CC[C@@H]32)cc1. The minimum atomic E-state index is 0.244. The first kappa shape index (κ1) is 19.2. The Kier molecular flexibility index (Phi) is 5.29. The molecule has 3 atom stereocenters.